The molecule has 2 aromatic carbocycles. The van der Waals surface area contributed by atoms with Crippen LogP contribution in [-0.2, 0) is 4.79 Å². The quantitative estimate of drug-likeness (QED) is 0.803. The number of benzene rings is 2. The summed E-state index contributed by atoms with van der Waals surface area (Å²) in [5.41, 5.74) is 1.23. The zero-order valence-corrected chi connectivity index (χ0v) is 15.2. The van der Waals surface area contributed by atoms with Crippen molar-refractivity contribution in [2.75, 3.05) is 44.6 Å². The van der Waals surface area contributed by atoms with Gasteiger partial charge in [-0.3, -0.25) is 4.79 Å². The second-order valence-corrected chi connectivity index (χ2v) is 5.85. The first-order valence-corrected chi connectivity index (χ1v) is 8.33. The molecule has 3 rings (SSSR count). The van der Waals surface area contributed by atoms with Crippen LogP contribution in [0.2, 0.25) is 5.02 Å². The maximum atomic E-state index is 12.2. The Kier molecular flexibility index (Phi) is 5.58. The number of hydrogen-bond donors (Lipinski definition) is 2. The van der Waals surface area contributed by atoms with E-state index in [1.54, 1.807) is 30.3 Å². The summed E-state index contributed by atoms with van der Waals surface area (Å²) in [4.78, 5) is 12.2. The molecule has 0 fully saturated rings. The Balaban J connectivity index is 1.64. The van der Waals surface area contributed by atoms with Gasteiger partial charge in [0.15, 0.2) is 11.5 Å². The van der Waals surface area contributed by atoms with Gasteiger partial charge in [-0.2, -0.15) is 0 Å². The normalized spacial score (nSPS) is 12.3. The Hall–Kier alpha value is -2.80. The van der Waals surface area contributed by atoms with Crippen LogP contribution in [0.5, 0.6) is 23.0 Å². The summed E-state index contributed by atoms with van der Waals surface area (Å²) in [6.07, 6.45) is 0. The van der Waals surface area contributed by atoms with Crippen LogP contribution < -0.4 is 29.6 Å². The van der Waals surface area contributed by atoms with Gasteiger partial charge in [0.05, 0.1) is 31.5 Å². The van der Waals surface area contributed by atoms with E-state index in [0.717, 1.165) is 0 Å². The van der Waals surface area contributed by atoms with Crippen molar-refractivity contribution in [1.29, 1.82) is 0 Å². The van der Waals surface area contributed by atoms with Gasteiger partial charge in [-0.05, 0) is 12.1 Å². The SMILES string of the molecule is COc1cc(NCC(=O)Nc2ccc3c(c2)OCCO3)c(OC)cc1Cl. The van der Waals surface area contributed by atoms with Crippen LogP contribution in [0.1, 0.15) is 0 Å². The third kappa shape index (κ3) is 4.05. The van der Waals surface area contributed by atoms with Crippen molar-refractivity contribution in [3.63, 3.8) is 0 Å². The van der Waals surface area contributed by atoms with Crippen molar-refractivity contribution in [2.45, 2.75) is 0 Å². The molecule has 1 aliphatic rings. The average molecular weight is 379 g/mol. The molecule has 1 aliphatic heterocycles. The molecular weight excluding hydrogens is 360 g/mol. The van der Waals surface area contributed by atoms with E-state index in [1.807, 2.05) is 0 Å². The van der Waals surface area contributed by atoms with E-state index in [1.165, 1.54) is 14.2 Å². The number of halogens is 1. The van der Waals surface area contributed by atoms with Crippen LogP contribution in [0.4, 0.5) is 11.4 Å². The lowest BCUT2D eigenvalue weighted by molar-refractivity contribution is -0.114. The van der Waals surface area contributed by atoms with Crippen LogP contribution in [0.3, 0.4) is 0 Å². The highest BCUT2D eigenvalue weighted by Gasteiger charge is 2.14. The summed E-state index contributed by atoms with van der Waals surface area (Å²) in [6.45, 7) is 1.05. The maximum absolute atomic E-state index is 12.2. The standard InChI is InChI=1S/C18H19ClN2O5/c1-23-15-9-13(16(24-2)8-12(15)19)20-10-18(22)21-11-3-4-14-17(7-11)26-6-5-25-14/h3-4,7-9,20H,5-6,10H2,1-2H3,(H,21,22). The minimum atomic E-state index is -0.224. The highest BCUT2D eigenvalue weighted by molar-refractivity contribution is 6.32. The summed E-state index contributed by atoms with van der Waals surface area (Å²) in [5, 5.41) is 6.25. The van der Waals surface area contributed by atoms with Crippen molar-refractivity contribution >= 4 is 28.9 Å². The number of carbonyl (C=O) groups is 1. The van der Waals surface area contributed by atoms with Gasteiger partial charge in [-0.15, -0.1) is 0 Å². The molecule has 138 valence electrons. The van der Waals surface area contributed by atoms with Crippen molar-refractivity contribution in [3.8, 4) is 23.0 Å². The second kappa shape index (κ2) is 8.05. The molecule has 8 heteroatoms. The third-order valence-corrected chi connectivity index (χ3v) is 4.03. The van der Waals surface area contributed by atoms with E-state index in [9.17, 15) is 4.79 Å². The summed E-state index contributed by atoms with van der Waals surface area (Å²) < 4.78 is 21.4. The molecule has 0 aliphatic carbocycles. The van der Waals surface area contributed by atoms with Crippen molar-refractivity contribution in [1.82, 2.24) is 0 Å². The molecule has 2 aromatic rings. The molecule has 0 bridgehead atoms. The molecule has 7 nitrogen and oxygen atoms in total. The Labute approximate surface area is 156 Å². The molecular formula is C18H19ClN2O5. The third-order valence-electron chi connectivity index (χ3n) is 3.74. The molecule has 26 heavy (non-hydrogen) atoms. The van der Waals surface area contributed by atoms with Gasteiger partial charge in [-0.1, -0.05) is 11.6 Å². The Morgan fingerprint density at radius 1 is 1.08 bits per heavy atom. The highest BCUT2D eigenvalue weighted by atomic mass is 35.5. The summed E-state index contributed by atoms with van der Waals surface area (Å²) >= 11 is 6.07. The number of carbonyl (C=O) groups excluding carboxylic acids is 1. The minimum Gasteiger partial charge on any atom is -0.495 e. The number of amides is 1. The molecule has 2 N–H and O–H groups in total. The molecule has 0 spiro atoms. The zero-order valence-electron chi connectivity index (χ0n) is 14.4. The number of fused-ring (bicyclic) bond motifs is 1. The molecule has 0 unspecified atom stereocenters. The van der Waals surface area contributed by atoms with Gasteiger partial charge in [-0.25, -0.2) is 0 Å². The monoisotopic (exact) mass is 378 g/mol. The van der Waals surface area contributed by atoms with E-state index in [4.69, 9.17) is 30.5 Å². The topological polar surface area (TPSA) is 78.1 Å². The summed E-state index contributed by atoms with van der Waals surface area (Å²) in [6, 6.07) is 8.57. The van der Waals surface area contributed by atoms with E-state index >= 15 is 0 Å². The first-order chi connectivity index (χ1) is 12.6. The molecule has 1 amide bonds. The fourth-order valence-corrected chi connectivity index (χ4v) is 2.73. The lowest BCUT2D eigenvalue weighted by Gasteiger charge is -2.19. The van der Waals surface area contributed by atoms with Crippen molar-refractivity contribution in [3.05, 3.63) is 35.4 Å². The zero-order chi connectivity index (χ0) is 18.5. The molecule has 1 heterocycles. The van der Waals surface area contributed by atoms with Crippen LogP contribution in [0.15, 0.2) is 30.3 Å². The molecule has 0 aromatic heterocycles. The first-order valence-electron chi connectivity index (χ1n) is 7.95. The minimum absolute atomic E-state index is 0.0373. The van der Waals surface area contributed by atoms with E-state index in [2.05, 4.69) is 10.6 Å². The number of methoxy groups -OCH3 is 2. The second-order valence-electron chi connectivity index (χ2n) is 5.45. The lowest BCUT2D eigenvalue weighted by atomic mass is 10.2. The maximum Gasteiger partial charge on any atom is 0.243 e. The smallest absolute Gasteiger partial charge is 0.243 e. The fourth-order valence-electron chi connectivity index (χ4n) is 2.50. The van der Waals surface area contributed by atoms with Crippen LogP contribution in [0, 0.1) is 0 Å². The van der Waals surface area contributed by atoms with Crippen LogP contribution >= 0.6 is 11.6 Å². The molecule has 0 saturated heterocycles. The van der Waals surface area contributed by atoms with E-state index in [0.29, 0.717) is 52.6 Å². The van der Waals surface area contributed by atoms with E-state index in [-0.39, 0.29) is 12.5 Å². The Morgan fingerprint density at radius 2 is 1.81 bits per heavy atom. The molecule has 0 radical (unpaired) electrons. The lowest BCUT2D eigenvalue weighted by Crippen LogP contribution is -2.22. The van der Waals surface area contributed by atoms with Gasteiger partial charge in [0.25, 0.3) is 0 Å². The predicted octanol–water partition coefficient (Wildman–Crippen LogP) is 3.18. The molecule has 0 saturated carbocycles. The number of anilines is 2. The Morgan fingerprint density at radius 3 is 2.54 bits per heavy atom. The van der Waals surface area contributed by atoms with E-state index < -0.39 is 0 Å². The largest absolute Gasteiger partial charge is 0.495 e. The average Bonchev–Trinajstić information content (AvgIpc) is 2.66. The van der Waals surface area contributed by atoms with Crippen molar-refractivity contribution in [2.24, 2.45) is 0 Å². The highest BCUT2D eigenvalue weighted by Crippen LogP contribution is 2.36. The van der Waals surface area contributed by atoms with Crippen LogP contribution in [-0.4, -0.2) is 39.9 Å². The van der Waals surface area contributed by atoms with Crippen molar-refractivity contribution < 1.29 is 23.7 Å². The molecule has 0 atom stereocenters. The fraction of sp³-hybridized carbons (Fsp3) is 0.278. The Bertz CT molecular complexity index is 812. The van der Waals surface area contributed by atoms with Crippen LogP contribution in [0.25, 0.3) is 0 Å². The van der Waals surface area contributed by atoms with Gasteiger partial charge < -0.3 is 29.6 Å². The van der Waals surface area contributed by atoms with Gasteiger partial charge in [0.2, 0.25) is 5.91 Å². The summed E-state index contributed by atoms with van der Waals surface area (Å²) in [7, 11) is 3.05. The number of ether oxygens (including phenoxy) is 4. The number of hydrogen-bond acceptors (Lipinski definition) is 6. The van der Waals surface area contributed by atoms with Gasteiger partial charge in [0, 0.05) is 23.9 Å². The number of rotatable bonds is 6. The number of nitrogens with one attached hydrogen (secondary N) is 2. The first kappa shape index (κ1) is 18.0. The summed E-state index contributed by atoms with van der Waals surface area (Å²) in [5.74, 6) is 2.07. The predicted molar refractivity (Wildman–Crippen MR) is 99.1 cm³/mol. The van der Waals surface area contributed by atoms with Gasteiger partial charge >= 0.3 is 0 Å². The van der Waals surface area contributed by atoms with Gasteiger partial charge in [0.1, 0.15) is 24.7 Å².